The van der Waals surface area contributed by atoms with Crippen LogP contribution in [0.4, 0.5) is 5.82 Å². The van der Waals surface area contributed by atoms with Crippen LogP contribution in [0, 0.1) is 0 Å². The van der Waals surface area contributed by atoms with Crippen molar-refractivity contribution in [2.75, 3.05) is 5.32 Å². The van der Waals surface area contributed by atoms with Crippen LogP contribution in [0.15, 0.2) is 53.1 Å². The summed E-state index contributed by atoms with van der Waals surface area (Å²) in [7, 11) is 0. The highest BCUT2D eigenvalue weighted by Gasteiger charge is 2.14. The van der Waals surface area contributed by atoms with Gasteiger partial charge in [0, 0.05) is 11.6 Å². The van der Waals surface area contributed by atoms with Gasteiger partial charge in [-0.2, -0.15) is 0 Å². The third-order valence-electron chi connectivity index (χ3n) is 2.68. The number of anilines is 1. The summed E-state index contributed by atoms with van der Waals surface area (Å²) in [5.41, 5.74) is 1.45. The maximum atomic E-state index is 12.0. The number of aromatic nitrogens is 3. The van der Waals surface area contributed by atoms with Gasteiger partial charge in [-0.3, -0.25) is 4.79 Å². The number of nitrogens with zero attached hydrogens (tertiary/aromatic N) is 3. The second-order valence-corrected chi connectivity index (χ2v) is 4.53. The predicted octanol–water partition coefficient (Wildman–Crippen LogP) is 3.04. The minimum absolute atomic E-state index is 0.0885. The molecule has 1 amide bonds. The van der Waals surface area contributed by atoms with Gasteiger partial charge in [0.05, 0.1) is 0 Å². The van der Waals surface area contributed by atoms with E-state index in [0.717, 1.165) is 5.56 Å². The Morgan fingerprint density at radius 2 is 1.90 bits per heavy atom. The SMILES string of the molecule is O=C(Nc1ccc(Cl)nn1)c1cc(-c2ccccc2)no1. The van der Waals surface area contributed by atoms with E-state index in [9.17, 15) is 4.79 Å². The van der Waals surface area contributed by atoms with E-state index in [1.807, 2.05) is 30.3 Å². The first-order chi connectivity index (χ1) is 10.2. The van der Waals surface area contributed by atoms with Crippen molar-refractivity contribution in [2.45, 2.75) is 0 Å². The summed E-state index contributed by atoms with van der Waals surface area (Å²) in [5.74, 6) is -0.0889. The van der Waals surface area contributed by atoms with Crippen LogP contribution < -0.4 is 5.32 Å². The lowest BCUT2D eigenvalue weighted by molar-refractivity contribution is 0.0987. The highest BCUT2D eigenvalue weighted by Crippen LogP contribution is 2.19. The van der Waals surface area contributed by atoms with Crippen molar-refractivity contribution < 1.29 is 9.32 Å². The average Bonchev–Trinajstić information content (AvgIpc) is 3.00. The molecule has 6 nitrogen and oxygen atoms in total. The number of carbonyl (C=O) groups excluding carboxylic acids is 1. The molecule has 0 atom stereocenters. The molecule has 0 unspecified atom stereocenters. The molecule has 0 aliphatic rings. The van der Waals surface area contributed by atoms with Gasteiger partial charge in [0.15, 0.2) is 11.0 Å². The second kappa shape index (κ2) is 5.72. The minimum atomic E-state index is -0.457. The summed E-state index contributed by atoms with van der Waals surface area (Å²) in [5, 5.41) is 14.0. The van der Waals surface area contributed by atoms with Gasteiger partial charge in [-0.1, -0.05) is 47.1 Å². The first kappa shape index (κ1) is 13.3. The Kier molecular flexibility index (Phi) is 3.61. The lowest BCUT2D eigenvalue weighted by Gasteiger charge is -1.99. The third kappa shape index (κ3) is 3.06. The standard InChI is InChI=1S/C14H9ClN4O2/c15-12-6-7-13(18-17-12)16-14(20)11-8-10(19-21-11)9-4-2-1-3-5-9/h1-8H,(H,16,18,20). The molecule has 0 fully saturated rings. The summed E-state index contributed by atoms with van der Waals surface area (Å²) < 4.78 is 5.04. The number of halogens is 1. The summed E-state index contributed by atoms with van der Waals surface area (Å²) >= 11 is 5.62. The fourth-order valence-corrected chi connectivity index (χ4v) is 1.79. The minimum Gasteiger partial charge on any atom is -0.350 e. The van der Waals surface area contributed by atoms with E-state index in [4.69, 9.17) is 16.1 Å². The first-order valence-electron chi connectivity index (χ1n) is 6.05. The van der Waals surface area contributed by atoms with Gasteiger partial charge in [0.1, 0.15) is 5.69 Å². The average molecular weight is 301 g/mol. The molecule has 21 heavy (non-hydrogen) atoms. The summed E-state index contributed by atoms with van der Waals surface area (Å²) in [4.78, 5) is 12.0. The fourth-order valence-electron chi connectivity index (χ4n) is 1.69. The molecular weight excluding hydrogens is 292 g/mol. The lowest BCUT2D eigenvalue weighted by Crippen LogP contribution is -2.12. The molecule has 7 heteroatoms. The molecule has 2 heterocycles. The van der Waals surface area contributed by atoms with Crippen molar-refractivity contribution in [1.82, 2.24) is 15.4 Å². The Bertz CT molecular complexity index is 756. The van der Waals surface area contributed by atoms with Crippen LogP contribution in [0.3, 0.4) is 0 Å². The highest BCUT2D eigenvalue weighted by atomic mass is 35.5. The maximum Gasteiger partial charge on any atom is 0.295 e. The lowest BCUT2D eigenvalue weighted by atomic mass is 10.1. The molecule has 0 aliphatic heterocycles. The van der Waals surface area contributed by atoms with Gasteiger partial charge in [0.2, 0.25) is 5.76 Å². The van der Waals surface area contributed by atoms with Crippen LogP contribution in [0.2, 0.25) is 5.15 Å². The predicted molar refractivity (Wildman–Crippen MR) is 76.9 cm³/mol. The van der Waals surface area contributed by atoms with Crippen molar-refractivity contribution in [3.8, 4) is 11.3 Å². The number of carbonyl (C=O) groups is 1. The number of rotatable bonds is 3. The monoisotopic (exact) mass is 300 g/mol. The molecule has 0 spiro atoms. The summed E-state index contributed by atoms with van der Waals surface area (Å²) in [6.07, 6.45) is 0. The Hall–Kier alpha value is -2.73. The van der Waals surface area contributed by atoms with E-state index in [-0.39, 0.29) is 16.7 Å². The van der Waals surface area contributed by atoms with E-state index >= 15 is 0 Å². The second-order valence-electron chi connectivity index (χ2n) is 4.14. The van der Waals surface area contributed by atoms with Crippen LogP contribution in [0.25, 0.3) is 11.3 Å². The molecule has 0 radical (unpaired) electrons. The molecule has 3 aromatic rings. The normalized spacial score (nSPS) is 10.3. The Morgan fingerprint density at radius 1 is 1.10 bits per heavy atom. The fraction of sp³-hybridized carbons (Fsp3) is 0. The quantitative estimate of drug-likeness (QED) is 0.804. The van der Waals surface area contributed by atoms with Crippen molar-refractivity contribution in [3.05, 3.63) is 59.4 Å². The zero-order valence-electron chi connectivity index (χ0n) is 10.7. The van der Waals surface area contributed by atoms with E-state index < -0.39 is 5.91 Å². The highest BCUT2D eigenvalue weighted by molar-refractivity contribution is 6.29. The number of nitrogens with one attached hydrogen (secondary N) is 1. The number of benzene rings is 1. The van der Waals surface area contributed by atoms with Gasteiger partial charge >= 0.3 is 0 Å². The van der Waals surface area contributed by atoms with Crippen LogP contribution in [0.1, 0.15) is 10.6 Å². The molecule has 0 saturated carbocycles. The summed E-state index contributed by atoms with van der Waals surface area (Å²) in [6.45, 7) is 0. The van der Waals surface area contributed by atoms with Gasteiger partial charge in [0.25, 0.3) is 5.91 Å². The van der Waals surface area contributed by atoms with E-state index in [1.165, 1.54) is 6.07 Å². The van der Waals surface area contributed by atoms with Crippen LogP contribution in [-0.2, 0) is 0 Å². The topological polar surface area (TPSA) is 80.9 Å². The van der Waals surface area contributed by atoms with E-state index in [2.05, 4.69) is 20.7 Å². The summed E-state index contributed by atoms with van der Waals surface area (Å²) in [6, 6.07) is 14.1. The maximum absolute atomic E-state index is 12.0. The number of hydrogen-bond acceptors (Lipinski definition) is 5. The third-order valence-corrected chi connectivity index (χ3v) is 2.88. The van der Waals surface area contributed by atoms with E-state index in [1.54, 1.807) is 12.1 Å². The smallest absolute Gasteiger partial charge is 0.295 e. The number of hydrogen-bond donors (Lipinski definition) is 1. The van der Waals surface area contributed by atoms with Crippen molar-refractivity contribution in [1.29, 1.82) is 0 Å². The van der Waals surface area contributed by atoms with Crippen LogP contribution >= 0.6 is 11.6 Å². The first-order valence-corrected chi connectivity index (χ1v) is 6.43. The van der Waals surface area contributed by atoms with Gasteiger partial charge in [-0.05, 0) is 12.1 Å². The molecule has 104 valence electrons. The molecule has 3 rings (SSSR count). The Morgan fingerprint density at radius 3 is 2.62 bits per heavy atom. The van der Waals surface area contributed by atoms with Crippen molar-refractivity contribution in [2.24, 2.45) is 0 Å². The van der Waals surface area contributed by atoms with Crippen LogP contribution in [-0.4, -0.2) is 21.3 Å². The van der Waals surface area contributed by atoms with E-state index in [0.29, 0.717) is 5.69 Å². The van der Waals surface area contributed by atoms with Crippen molar-refractivity contribution >= 4 is 23.3 Å². The Balaban J connectivity index is 1.77. The largest absolute Gasteiger partial charge is 0.350 e. The molecule has 0 bridgehead atoms. The molecule has 2 aromatic heterocycles. The molecule has 1 N–H and O–H groups in total. The van der Waals surface area contributed by atoms with Gasteiger partial charge in [-0.25, -0.2) is 0 Å². The number of amides is 1. The van der Waals surface area contributed by atoms with Crippen LogP contribution in [0.5, 0.6) is 0 Å². The molecular formula is C14H9ClN4O2. The molecule has 0 saturated heterocycles. The zero-order chi connectivity index (χ0) is 14.7. The molecule has 1 aromatic carbocycles. The Labute approximate surface area is 124 Å². The van der Waals surface area contributed by atoms with Crippen molar-refractivity contribution in [3.63, 3.8) is 0 Å². The van der Waals surface area contributed by atoms with Gasteiger partial charge < -0.3 is 9.84 Å². The molecule has 0 aliphatic carbocycles. The zero-order valence-corrected chi connectivity index (χ0v) is 11.4. The van der Waals surface area contributed by atoms with Gasteiger partial charge in [-0.15, -0.1) is 10.2 Å².